The van der Waals surface area contributed by atoms with Crippen LogP contribution in [0.3, 0.4) is 0 Å². The van der Waals surface area contributed by atoms with Gasteiger partial charge >= 0.3 is 0 Å². The van der Waals surface area contributed by atoms with Gasteiger partial charge in [0.1, 0.15) is 0 Å². The van der Waals surface area contributed by atoms with Gasteiger partial charge in [-0.25, -0.2) is 9.97 Å². The van der Waals surface area contributed by atoms with Crippen LogP contribution in [-0.4, -0.2) is 19.9 Å². The molecule has 3 aromatic heterocycles. The van der Waals surface area contributed by atoms with Crippen molar-refractivity contribution < 1.29 is 0 Å². The minimum Gasteiger partial charge on any atom is -0.265 e. The summed E-state index contributed by atoms with van der Waals surface area (Å²) >= 11 is 3.73. The average molecular weight is 592 g/mol. The van der Waals surface area contributed by atoms with Crippen LogP contribution in [0.5, 0.6) is 0 Å². The molecule has 0 aliphatic rings. The van der Waals surface area contributed by atoms with Crippen molar-refractivity contribution in [3.63, 3.8) is 0 Å². The molecule has 0 saturated carbocycles. The van der Waals surface area contributed by atoms with Crippen molar-refractivity contribution in [3.8, 4) is 56.2 Å². The van der Waals surface area contributed by atoms with Crippen molar-refractivity contribution >= 4 is 26.8 Å². The number of benzene rings is 4. The Hall–Kier alpha value is -5.00. The predicted molar refractivity (Wildman–Crippen MR) is 170 cm³/mol. The smallest absolute Gasteiger partial charge is 0.160 e. The van der Waals surface area contributed by atoms with Crippen LogP contribution < -0.4 is 0 Å². The van der Waals surface area contributed by atoms with Gasteiger partial charge in [-0.05, 0) is 82.9 Å². The summed E-state index contributed by atoms with van der Waals surface area (Å²) in [5.74, 6) is 0.667. The van der Waals surface area contributed by atoms with E-state index in [1.165, 1.54) is 11.1 Å². The van der Waals surface area contributed by atoms with E-state index in [0.29, 0.717) is 5.82 Å². The first-order valence-corrected chi connectivity index (χ1v) is 14.1. The second-order valence-corrected chi connectivity index (χ2v) is 10.7. The van der Waals surface area contributed by atoms with Crippen molar-refractivity contribution in [3.05, 3.63) is 144 Å². The molecular weight excluding hydrogens is 568 g/mol. The first-order valence-electron chi connectivity index (χ1n) is 13.3. The van der Waals surface area contributed by atoms with Crippen LogP contribution in [0.2, 0.25) is 0 Å². The quantitative estimate of drug-likeness (QED) is 0.200. The average Bonchev–Trinajstić information content (AvgIpc) is 3.05. The minimum absolute atomic E-state index is 0.667. The SMILES string of the molecule is Brc1cc(-c2ccncc2)cc(-c2cc(-c3ccc(-c4ccccc4)cc3)nc(-c3ccc4ncccc4c3)n2)c1. The minimum atomic E-state index is 0.667. The largest absolute Gasteiger partial charge is 0.265 e. The zero-order valence-electron chi connectivity index (χ0n) is 21.9. The molecule has 3 heterocycles. The van der Waals surface area contributed by atoms with Crippen molar-refractivity contribution in [1.29, 1.82) is 0 Å². The maximum Gasteiger partial charge on any atom is 0.160 e. The molecule has 0 N–H and O–H groups in total. The van der Waals surface area contributed by atoms with Gasteiger partial charge in [-0.1, -0.05) is 76.6 Å². The molecule has 4 aromatic carbocycles. The van der Waals surface area contributed by atoms with Crippen LogP contribution in [0.25, 0.3) is 67.1 Å². The molecule has 0 unspecified atom stereocenters. The van der Waals surface area contributed by atoms with E-state index in [9.17, 15) is 0 Å². The Bertz CT molecular complexity index is 1990. The molecule has 0 fully saturated rings. The van der Waals surface area contributed by atoms with Crippen molar-refractivity contribution in [2.45, 2.75) is 0 Å². The van der Waals surface area contributed by atoms with Gasteiger partial charge in [-0.2, -0.15) is 0 Å². The van der Waals surface area contributed by atoms with E-state index in [1.54, 1.807) is 0 Å². The molecule has 0 aliphatic heterocycles. The molecule has 0 aliphatic carbocycles. The van der Waals surface area contributed by atoms with Crippen LogP contribution in [0.4, 0.5) is 0 Å². The van der Waals surface area contributed by atoms with Crippen molar-refractivity contribution in [2.75, 3.05) is 0 Å². The third-order valence-corrected chi connectivity index (χ3v) is 7.54. The number of pyridine rings is 2. The van der Waals surface area contributed by atoms with Gasteiger partial charge in [0.15, 0.2) is 5.82 Å². The molecule has 0 bridgehead atoms. The third kappa shape index (κ3) is 5.28. The maximum atomic E-state index is 5.08. The molecule has 194 valence electrons. The number of aromatic nitrogens is 4. The lowest BCUT2D eigenvalue weighted by atomic mass is 10.00. The van der Waals surface area contributed by atoms with Crippen LogP contribution in [-0.2, 0) is 0 Å². The molecule has 0 saturated heterocycles. The highest BCUT2D eigenvalue weighted by atomic mass is 79.9. The Labute approximate surface area is 246 Å². The van der Waals surface area contributed by atoms with Gasteiger partial charge in [0, 0.05) is 45.1 Å². The molecule has 7 aromatic rings. The monoisotopic (exact) mass is 590 g/mol. The molecule has 0 spiro atoms. The highest BCUT2D eigenvalue weighted by molar-refractivity contribution is 9.10. The van der Waals surface area contributed by atoms with Crippen molar-refractivity contribution in [2.24, 2.45) is 0 Å². The summed E-state index contributed by atoms with van der Waals surface area (Å²) < 4.78 is 0.979. The molecule has 7 rings (SSSR count). The van der Waals surface area contributed by atoms with Crippen LogP contribution >= 0.6 is 15.9 Å². The highest BCUT2D eigenvalue weighted by Gasteiger charge is 2.13. The molecule has 0 amide bonds. The van der Waals surface area contributed by atoms with E-state index < -0.39 is 0 Å². The van der Waals surface area contributed by atoms with Gasteiger partial charge < -0.3 is 0 Å². The topological polar surface area (TPSA) is 51.6 Å². The molecule has 41 heavy (non-hydrogen) atoms. The summed E-state index contributed by atoms with van der Waals surface area (Å²) in [5.41, 5.74) is 10.2. The zero-order valence-corrected chi connectivity index (χ0v) is 23.5. The van der Waals surface area contributed by atoms with Crippen LogP contribution in [0, 0.1) is 0 Å². The fourth-order valence-electron chi connectivity index (χ4n) is 5.00. The van der Waals surface area contributed by atoms with Gasteiger partial charge in [0.25, 0.3) is 0 Å². The summed E-state index contributed by atoms with van der Waals surface area (Å²) in [4.78, 5) is 18.8. The van der Waals surface area contributed by atoms with E-state index in [2.05, 4.69) is 111 Å². The number of halogens is 1. The zero-order chi connectivity index (χ0) is 27.6. The number of nitrogens with zero attached hydrogens (tertiary/aromatic N) is 4. The lowest BCUT2D eigenvalue weighted by Gasteiger charge is -2.12. The van der Waals surface area contributed by atoms with Crippen molar-refractivity contribution in [1.82, 2.24) is 19.9 Å². The van der Waals surface area contributed by atoms with Crippen LogP contribution in [0.15, 0.2) is 144 Å². The standard InChI is InChI=1S/C36H23BrN4/c37-32-21-30(26-14-17-38-18-15-26)20-31(22-32)35-23-34(27-10-8-25(9-11-27)24-5-2-1-3-6-24)40-36(41-35)29-12-13-33-28(19-29)7-4-16-39-33/h1-23H. The normalized spacial score (nSPS) is 11.0. The lowest BCUT2D eigenvalue weighted by molar-refractivity contribution is 1.18. The van der Waals surface area contributed by atoms with Gasteiger partial charge in [0.2, 0.25) is 0 Å². The van der Waals surface area contributed by atoms with Gasteiger partial charge in [-0.3, -0.25) is 9.97 Å². The number of fused-ring (bicyclic) bond motifs is 1. The first-order chi connectivity index (χ1) is 20.2. The predicted octanol–water partition coefficient (Wildman–Crippen LogP) is 9.52. The van der Waals surface area contributed by atoms with Gasteiger partial charge in [0.05, 0.1) is 16.9 Å². The maximum absolute atomic E-state index is 5.08. The Morgan fingerprint density at radius 3 is 1.90 bits per heavy atom. The Morgan fingerprint density at radius 2 is 1.10 bits per heavy atom. The van der Waals surface area contributed by atoms with Gasteiger partial charge in [-0.15, -0.1) is 0 Å². The molecule has 0 atom stereocenters. The van der Waals surface area contributed by atoms with Crippen LogP contribution in [0.1, 0.15) is 0 Å². The molecule has 4 nitrogen and oxygen atoms in total. The lowest BCUT2D eigenvalue weighted by Crippen LogP contribution is -1.96. The fraction of sp³-hybridized carbons (Fsp3) is 0. The summed E-state index contributed by atoms with van der Waals surface area (Å²) in [6.07, 6.45) is 5.43. The van der Waals surface area contributed by atoms with E-state index in [4.69, 9.17) is 9.97 Å². The first kappa shape index (κ1) is 25.0. The summed E-state index contributed by atoms with van der Waals surface area (Å²) in [6, 6.07) is 41.6. The second-order valence-electron chi connectivity index (χ2n) is 9.78. The van der Waals surface area contributed by atoms with E-state index in [1.807, 2.05) is 55.0 Å². The van der Waals surface area contributed by atoms with E-state index in [0.717, 1.165) is 54.6 Å². The second kappa shape index (κ2) is 10.9. The number of rotatable bonds is 5. The molecule has 0 radical (unpaired) electrons. The number of hydrogen-bond acceptors (Lipinski definition) is 4. The Morgan fingerprint density at radius 1 is 0.439 bits per heavy atom. The summed E-state index contributed by atoms with van der Waals surface area (Å²) in [7, 11) is 0. The number of hydrogen-bond donors (Lipinski definition) is 0. The Balaban J connectivity index is 1.38. The summed E-state index contributed by atoms with van der Waals surface area (Å²) in [5, 5.41) is 1.05. The highest BCUT2D eigenvalue weighted by Crippen LogP contribution is 2.33. The fourth-order valence-corrected chi connectivity index (χ4v) is 5.49. The molecular formula is C36H23BrN4. The van der Waals surface area contributed by atoms with E-state index >= 15 is 0 Å². The molecule has 5 heteroatoms. The Kier molecular flexibility index (Phi) is 6.63. The van der Waals surface area contributed by atoms with E-state index in [-0.39, 0.29) is 0 Å². The summed E-state index contributed by atoms with van der Waals surface area (Å²) in [6.45, 7) is 0. The third-order valence-electron chi connectivity index (χ3n) is 7.08.